The first kappa shape index (κ1) is 13.5. The summed E-state index contributed by atoms with van der Waals surface area (Å²) in [5.74, 6) is -1.16. The number of amides is 1. The Morgan fingerprint density at radius 1 is 1.42 bits per heavy atom. The first-order valence-electron chi connectivity index (χ1n) is 6.23. The fourth-order valence-electron chi connectivity index (χ4n) is 2.25. The first-order chi connectivity index (χ1) is 9.04. The Bertz CT molecular complexity index is 488. The quantitative estimate of drug-likeness (QED) is 0.854. The maximum atomic E-state index is 11.9. The van der Waals surface area contributed by atoms with E-state index in [9.17, 15) is 9.59 Å². The highest BCUT2D eigenvalue weighted by Gasteiger charge is 2.38. The van der Waals surface area contributed by atoms with Crippen LogP contribution in [-0.2, 0) is 9.53 Å². The number of hydrogen-bond acceptors (Lipinski definition) is 3. The number of benzene rings is 1. The van der Waals surface area contributed by atoms with E-state index in [4.69, 9.17) is 9.84 Å². The zero-order valence-electron chi connectivity index (χ0n) is 10.8. The van der Waals surface area contributed by atoms with Crippen molar-refractivity contribution in [2.24, 2.45) is 0 Å². The third kappa shape index (κ3) is 3.12. The molecule has 0 spiro atoms. The Morgan fingerprint density at radius 2 is 2.16 bits per heavy atom. The van der Waals surface area contributed by atoms with Gasteiger partial charge in [0.15, 0.2) is 0 Å². The summed E-state index contributed by atoms with van der Waals surface area (Å²) < 4.78 is 5.39. The number of ether oxygens (including phenoxy) is 1. The van der Waals surface area contributed by atoms with E-state index in [1.807, 2.05) is 0 Å². The molecule has 5 nitrogen and oxygen atoms in total. The van der Waals surface area contributed by atoms with Gasteiger partial charge in [0.25, 0.3) is 0 Å². The number of carboxylic acids is 1. The SMILES string of the molecule is COC1(CC(=O)Nc2cccc(C(=O)O)c2)CCC1. The van der Waals surface area contributed by atoms with Crippen molar-refractivity contribution in [1.82, 2.24) is 0 Å². The van der Waals surface area contributed by atoms with E-state index in [1.54, 1.807) is 19.2 Å². The topological polar surface area (TPSA) is 75.6 Å². The molecule has 1 amide bonds. The average molecular weight is 263 g/mol. The van der Waals surface area contributed by atoms with Gasteiger partial charge in [-0.25, -0.2) is 4.79 Å². The molecule has 0 heterocycles. The van der Waals surface area contributed by atoms with Gasteiger partial charge in [0.2, 0.25) is 5.91 Å². The largest absolute Gasteiger partial charge is 0.478 e. The molecule has 0 atom stereocenters. The Labute approximate surface area is 111 Å². The maximum Gasteiger partial charge on any atom is 0.335 e. The van der Waals surface area contributed by atoms with Crippen LogP contribution >= 0.6 is 0 Å². The summed E-state index contributed by atoms with van der Waals surface area (Å²) in [6.45, 7) is 0. The molecular weight excluding hydrogens is 246 g/mol. The predicted octanol–water partition coefficient (Wildman–Crippen LogP) is 2.28. The van der Waals surface area contributed by atoms with Crippen LogP contribution in [0.15, 0.2) is 24.3 Å². The molecule has 1 fully saturated rings. The lowest BCUT2D eigenvalue weighted by Crippen LogP contribution is -2.42. The molecule has 0 saturated heterocycles. The van der Waals surface area contributed by atoms with Gasteiger partial charge in [0.1, 0.15) is 0 Å². The van der Waals surface area contributed by atoms with E-state index in [1.165, 1.54) is 12.1 Å². The summed E-state index contributed by atoms with van der Waals surface area (Å²) in [5.41, 5.74) is 0.326. The van der Waals surface area contributed by atoms with Gasteiger partial charge in [-0.1, -0.05) is 6.07 Å². The van der Waals surface area contributed by atoms with Crippen molar-refractivity contribution >= 4 is 17.6 Å². The van der Waals surface area contributed by atoms with Crippen LogP contribution in [0.3, 0.4) is 0 Å². The molecule has 0 unspecified atom stereocenters. The number of rotatable bonds is 5. The first-order valence-corrected chi connectivity index (χ1v) is 6.23. The Kier molecular flexibility index (Phi) is 3.85. The zero-order chi connectivity index (χ0) is 13.9. The van der Waals surface area contributed by atoms with Crippen LogP contribution < -0.4 is 5.32 Å². The van der Waals surface area contributed by atoms with Crippen LogP contribution in [0.2, 0.25) is 0 Å². The predicted molar refractivity (Wildman–Crippen MR) is 70.2 cm³/mol. The smallest absolute Gasteiger partial charge is 0.335 e. The highest BCUT2D eigenvalue weighted by atomic mass is 16.5. The van der Waals surface area contributed by atoms with Crippen LogP contribution in [0.25, 0.3) is 0 Å². The summed E-state index contributed by atoms with van der Waals surface area (Å²) in [4.78, 5) is 22.8. The second-order valence-electron chi connectivity index (χ2n) is 4.85. The van der Waals surface area contributed by atoms with Gasteiger partial charge in [-0.2, -0.15) is 0 Å². The lowest BCUT2D eigenvalue weighted by molar-refractivity contribution is -0.129. The van der Waals surface area contributed by atoms with Gasteiger partial charge in [0.05, 0.1) is 17.6 Å². The number of aromatic carboxylic acids is 1. The summed E-state index contributed by atoms with van der Waals surface area (Å²) in [5, 5.41) is 11.6. The van der Waals surface area contributed by atoms with Crippen LogP contribution in [0, 0.1) is 0 Å². The minimum atomic E-state index is -1.01. The highest BCUT2D eigenvalue weighted by Crippen LogP contribution is 2.38. The van der Waals surface area contributed by atoms with Gasteiger partial charge in [-0.3, -0.25) is 4.79 Å². The lowest BCUT2D eigenvalue weighted by Gasteiger charge is -2.39. The normalized spacial score (nSPS) is 16.5. The summed E-state index contributed by atoms with van der Waals surface area (Å²) >= 11 is 0. The van der Waals surface area contributed by atoms with E-state index in [0.29, 0.717) is 12.1 Å². The third-order valence-corrected chi connectivity index (χ3v) is 3.57. The van der Waals surface area contributed by atoms with E-state index in [2.05, 4.69) is 5.32 Å². The number of carboxylic acid groups (broad SMARTS) is 1. The van der Waals surface area contributed by atoms with E-state index < -0.39 is 5.97 Å². The second kappa shape index (κ2) is 5.40. The minimum Gasteiger partial charge on any atom is -0.478 e. The summed E-state index contributed by atoms with van der Waals surface area (Å²) in [6.07, 6.45) is 3.18. The summed E-state index contributed by atoms with van der Waals surface area (Å²) in [7, 11) is 1.62. The maximum absolute atomic E-state index is 11.9. The Hall–Kier alpha value is -1.88. The van der Waals surface area contributed by atoms with Crippen molar-refractivity contribution in [1.29, 1.82) is 0 Å². The molecule has 0 radical (unpaired) electrons. The Balaban J connectivity index is 1.99. The number of nitrogens with one attached hydrogen (secondary N) is 1. The zero-order valence-corrected chi connectivity index (χ0v) is 10.8. The number of anilines is 1. The number of hydrogen-bond donors (Lipinski definition) is 2. The standard InChI is InChI=1S/C14H17NO4/c1-19-14(6-3-7-14)9-12(16)15-11-5-2-4-10(8-11)13(17)18/h2,4-5,8H,3,6-7,9H2,1H3,(H,15,16)(H,17,18). The second-order valence-corrected chi connectivity index (χ2v) is 4.85. The molecule has 1 saturated carbocycles. The third-order valence-electron chi connectivity index (χ3n) is 3.57. The molecule has 102 valence electrons. The van der Waals surface area contributed by atoms with Crippen molar-refractivity contribution in [2.45, 2.75) is 31.3 Å². The lowest BCUT2D eigenvalue weighted by atomic mass is 9.77. The molecule has 1 aliphatic rings. The van der Waals surface area contributed by atoms with Crippen LogP contribution in [0.5, 0.6) is 0 Å². The number of carbonyl (C=O) groups excluding carboxylic acids is 1. The number of carbonyl (C=O) groups is 2. The molecule has 0 bridgehead atoms. The van der Waals surface area contributed by atoms with Gasteiger partial charge in [-0.15, -0.1) is 0 Å². The van der Waals surface area contributed by atoms with Gasteiger partial charge < -0.3 is 15.2 Å². The molecule has 19 heavy (non-hydrogen) atoms. The van der Waals surface area contributed by atoms with Crippen LogP contribution in [0.1, 0.15) is 36.0 Å². The monoisotopic (exact) mass is 263 g/mol. The molecule has 0 aliphatic heterocycles. The molecule has 2 N–H and O–H groups in total. The van der Waals surface area contributed by atoms with Gasteiger partial charge in [-0.05, 0) is 37.5 Å². The fraction of sp³-hybridized carbons (Fsp3) is 0.429. The highest BCUT2D eigenvalue weighted by molar-refractivity contribution is 5.94. The van der Waals surface area contributed by atoms with Crippen molar-refractivity contribution in [2.75, 3.05) is 12.4 Å². The van der Waals surface area contributed by atoms with Crippen molar-refractivity contribution in [3.8, 4) is 0 Å². The Morgan fingerprint density at radius 3 is 2.68 bits per heavy atom. The molecule has 0 aromatic heterocycles. The minimum absolute atomic E-state index is 0.149. The molecule has 2 rings (SSSR count). The van der Waals surface area contributed by atoms with Crippen molar-refractivity contribution < 1.29 is 19.4 Å². The van der Waals surface area contributed by atoms with Gasteiger partial charge >= 0.3 is 5.97 Å². The fourth-order valence-corrected chi connectivity index (χ4v) is 2.25. The van der Waals surface area contributed by atoms with Crippen LogP contribution in [0.4, 0.5) is 5.69 Å². The molecular formula is C14H17NO4. The van der Waals surface area contributed by atoms with E-state index in [-0.39, 0.29) is 17.1 Å². The summed E-state index contributed by atoms with van der Waals surface area (Å²) in [6, 6.07) is 6.21. The van der Waals surface area contributed by atoms with Crippen molar-refractivity contribution in [3.05, 3.63) is 29.8 Å². The van der Waals surface area contributed by atoms with E-state index >= 15 is 0 Å². The van der Waals surface area contributed by atoms with Gasteiger partial charge in [0, 0.05) is 12.8 Å². The average Bonchev–Trinajstić information content (AvgIpc) is 2.34. The number of methoxy groups -OCH3 is 1. The van der Waals surface area contributed by atoms with E-state index in [0.717, 1.165) is 19.3 Å². The molecule has 1 aliphatic carbocycles. The molecule has 5 heteroatoms. The van der Waals surface area contributed by atoms with Crippen molar-refractivity contribution in [3.63, 3.8) is 0 Å². The molecule has 1 aromatic rings. The van der Waals surface area contributed by atoms with Crippen LogP contribution in [-0.4, -0.2) is 29.7 Å². The molecule has 1 aromatic carbocycles.